The zero-order valence-corrected chi connectivity index (χ0v) is 12.3. The van der Waals surface area contributed by atoms with Gasteiger partial charge in [0, 0.05) is 0 Å². The SMILES string of the molecule is CC(C)CCCCCc1ccccc1[PH](O)(O)O. The Bertz CT molecular complexity index is 358. The van der Waals surface area contributed by atoms with E-state index in [4.69, 9.17) is 0 Å². The molecular formula is C14H25O3P. The van der Waals surface area contributed by atoms with Gasteiger partial charge in [-0.1, -0.05) is 0 Å². The first-order valence-electron chi connectivity index (χ1n) is 6.66. The van der Waals surface area contributed by atoms with Gasteiger partial charge in [0.25, 0.3) is 0 Å². The third kappa shape index (κ3) is 5.45. The van der Waals surface area contributed by atoms with Crippen LogP contribution in [0.1, 0.15) is 45.1 Å². The van der Waals surface area contributed by atoms with Crippen molar-refractivity contribution in [2.75, 3.05) is 0 Å². The van der Waals surface area contributed by atoms with Crippen LogP contribution in [0.25, 0.3) is 0 Å². The second-order valence-corrected chi connectivity index (χ2v) is 7.10. The summed E-state index contributed by atoms with van der Waals surface area (Å²) in [6.07, 6.45) is 5.41. The van der Waals surface area contributed by atoms with Crippen LogP contribution in [0.5, 0.6) is 0 Å². The molecule has 3 nitrogen and oxygen atoms in total. The molecule has 0 aliphatic heterocycles. The predicted octanol–water partition coefficient (Wildman–Crippen LogP) is 2.54. The summed E-state index contributed by atoms with van der Waals surface area (Å²) in [5, 5.41) is 0.328. The molecule has 0 aliphatic rings. The van der Waals surface area contributed by atoms with Gasteiger partial charge in [0.05, 0.1) is 0 Å². The van der Waals surface area contributed by atoms with Crippen molar-refractivity contribution in [3.63, 3.8) is 0 Å². The molecule has 0 saturated heterocycles. The molecule has 104 valence electrons. The van der Waals surface area contributed by atoms with Crippen molar-refractivity contribution < 1.29 is 14.7 Å². The summed E-state index contributed by atoms with van der Waals surface area (Å²) in [6, 6.07) is 7.06. The topological polar surface area (TPSA) is 60.7 Å². The van der Waals surface area contributed by atoms with Gasteiger partial charge >= 0.3 is 110 Å². The first kappa shape index (κ1) is 15.6. The Kier molecular flexibility index (Phi) is 6.24. The summed E-state index contributed by atoms with van der Waals surface area (Å²) in [5.41, 5.74) is 0.862. The first-order chi connectivity index (χ1) is 8.41. The Morgan fingerprint density at radius 2 is 1.67 bits per heavy atom. The Morgan fingerprint density at radius 3 is 2.28 bits per heavy atom. The molecule has 1 aromatic carbocycles. The summed E-state index contributed by atoms with van der Waals surface area (Å²) in [4.78, 5) is 28.2. The van der Waals surface area contributed by atoms with Crippen LogP contribution in [0.15, 0.2) is 24.3 Å². The molecule has 0 unspecified atom stereocenters. The van der Waals surface area contributed by atoms with Crippen molar-refractivity contribution in [3.05, 3.63) is 29.8 Å². The van der Waals surface area contributed by atoms with Crippen molar-refractivity contribution in [1.29, 1.82) is 0 Å². The Labute approximate surface area is 110 Å². The molecule has 0 amide bonds. The molecule has 0 aliphatic carbocycles. The molecule has 0 aromatic heterocycles. The first-order valence-corrected chi connectivity index (χ1v) is 8.51. The molecule has 0 fully saturated rings. The summed E-state index contributed by atoms with van der Waals surface area (Å²) < 4.78 is 0. The molecule has 0 spiro atoms. The summed E-state index contributed by atoms with van der Waals surface area (Å²) in [5.74, 6) is 0.740. The van der Waals surface area contributed by atoms with Crippen LogP contribution in [-0.4, -0.2) is 14.7 Å². The van der Waals surface area contributed by atoms with Gasteiger partial charge in [0.1, 0.15) is 0 Å². The van der Waals surface area contributed by atoms with E-state index in [1.54, 1.807) is 12.1 Å². The second-order valence-electron chi connectivity index (χ2n) is 5.29. The van der Waals surface area contributed by atoms with Crippen LogP contribution in [-0.2, 0) is 6.42 Å². The third-order valence-corrected chi connectivity index (χ3v) is 4.32. The average molecular weight is 272 g/mol. The molecule has 0 atom stereocenters. The summed E-state index contributed by atoms with van der Waals surface area (Å²) >= 11 is 0. The number of rotatable bonds is 7. The number of benzene rings is 1. The van der Waals surface area contributed by atoms with Gasteiger partial charge in [-0.3, -0.25) is 0 Å². The minimum absolute atomic E-state index is 0.328. The molecule has 0 bridgehead atoms. The van der Waals surface area contributed by atoms with Crippen LogP contribution >= 0.6 is 7.94 Å². The number of hydrogen-bond donors (Lipinski definition) is 3. The predicted molar refractivity (Wildman–Crippen MR) is 78.1 cm³/mol. The minimum atomic E-state index is -4.16. The zero-order valence-electron chi connectivity index (χ0n) is 11.3. The van der Waals surface area contributed by atoms with Crippen LogP contribution < -0.4 is 5.30 Å². The normalized spacial score (nSPS) is 13.0. The van der Waals surface area contributed by atoms with E-state index in [0.717, 1.165) is 30.7 Å². The standard InChI is InChI=1S/C14H25O3P/c1-12(2)8-4-3-5-9-13-10-6-7-11-14(13)18(15,16)17/h6-7,10-12,15-18H,3-5,8-9H2,1-2H3. The van der Waals surface area contributed by atoms with Gasteiger partial charge in [0.2, 0.25) is 0 Å². The van der Waals surface area contributed by atoms with Crippen molar-refractivity contribution >= 4 is 13.2 Å². The van der Waals surface area contributed by atoms with E-state index in [2.05, 4.69) is 13.8 Å². The Morgan fingerprint density at radius 1 is 1.00 bits per heavy atom. The quantitative estimate of drug-likeness (QED) is 0.528. The van der Waals surface area contributed by atoms with E-state index < -0.39 is 7.94 Å². The average Bonchev–Trinajstić information content (AvgIpc) is 2.27. The van der Waals surface area contributed by atoms with E-state index >= 15 is 0 Å². The maximum atomic E-state index is 9.40. The van der Waals surface area contributed by atoms with Crippen molar-refractivity contribution in [2.45, 2.75) is 46.0 Å². The zero-order chi connectivity index (χ0) is 13.6. The van der Waals surface area contributed by atoms with Crippen molar-refractivity contribution in [2.24, 2.45) is 5.92 Å². The third-order valence-electron chi connectivity index (χ3n) is 3.11. The molecule has 3 N–H and O–H groups in total. The van der Waals surface area contributed by atoms with Gasteiger partial charge in [-0.25, -0.2) is 0 Å². The summed E-state index contributed by atoms with van der Waals surface area (Å²) in [7, 11) is -4.16. The number of hydrogen-bond acceptors (Lipinski definition) is 3. The molecular weight excluding hydrogens is 247 g/mol. The van der Waals surface area contributed by atoms with E-state index in [0.29, 0.717) is 5.30 Å². The van der Waals surface area contributed by atoms with Crippen molar-refractivity contribution in [1.82, 2.24) is 0 Å². The Hall–Kier alpha value is -0.470. The van der Waals surface area contributed by atoms with Crippen LogP contribution in [0.4, 0.5) is 0 Å². The number of unbranched alkanes of at least 4 members (excludes halogenated alkanes) is 2. The monoisotopic (exact) mass is 272 g/mol. The van der Waals surface area contributed by atoms with E-state index in [1.807, 2.05) is 12.1 Å². The fraction of sp³-hybridized carbons (Fsp3) is 0.571. The molecule has 18 heavy (non-hydrogen) atoms. The molecule has 0 saturated carbocycles. The van der Waals surface area contributed by atoms with Crippen LogP contribution in [0.3, 0.4) is 0 Å². The molecule has 4 heteroatoms. The van der Waals surface area contributed by atoms with E-state index in [-0.39, 0.29) is 0 Å². The van der Waals surface area contributed by atoms with Gasteiger partial charge < -0.3 is 0 Å². The number of aryl methyl sites for hydroxylation is 1. The van der Waals surface area contributed by atoms with E-state index in [9.17, 15) is 14.7 Å². The second kappa shape index (κ2) is 7.20. The molecule has 1 aromatic rings. The summed E-state index contributed by atoms with van der Waals surface area (Å²) in [6.45, 7) is 4.44. The van der Waals surface area contributed by atoms with Gasteiger partial charge in [-0.15, -0.1) is 0 Å². The van der Waals surface area contributed by atoms with Crippen LogP contribution in [0, 0.1) is 5.92 Å². The van der Waals surface area contributed by atoms with E-state index in [1.165, 1.54) is 12.8 Å². The Balaban J connectivity index is 2.47. The maximum absolute atomic E-state index is 9.40. The molecule has 0 heterocycles. The van der Waals surface area contributed by atoms with Crippen LogP contribution in [0.2, 0.25) is 0 Å². The van der Waals surface area contributed by atoms with Gasteiger partial charge in [-0.05, 0) is 0 Å². The van der Waals surface area contributed by atoms with Gasteiger partial charge in [0.15, 0.2) is 0 Å². The molecule has 1 rings (SSSR count). The molecule has 0 radical (unpaired) electrons. The fourth-order valence-electron chi connectivity index (χ4n) is 2.11. The van der Waals surface area contributed by atoms with Crippen molar-refractivity contribution in [3.8, 4) is 0 Å². The van der Waals surface area contributed by atoms with Gasteiger partial charge in [-0.2, -0.15) is 0 Å². The fourth-order valence-corrected chi connectivity index (χ4v) is 3.07.